The first-order valence-corrected chi connectivity index (χ1v) is 11.3. The molecule has 6 nitrogen and oxygen atoms in total. The molecule has 0 fully saturated rings. The predicted octanol–water partition coefficient (Wildman–Crippen LogP) is 6.27. The van der Waals surface area contributed by atoms with Crippen molar-refractivity contribution >= 4 is 52.5 Å². The molecule has 0 atom stereocenters. The van der Waals surface area contributed by atoms with Gasteiger partial charge in [0.05, 0.1) is 43.3 Å². The molecule has 35 heavy (non-hydrogen) atoms. The number of carbonyl (C=O) groups is 2. The maximum atomic E-state index is 13.7. The Labute approximate surface area is 212 Å². The van der Waals surface area contributed by atoms with E-state index in [9.17, 15) is 9.59 Å². The smallest absolute Gasteiger partial charge is 0.337 e. The van der Waals surface area contributed by atoms with Crippen LogP contribution in [-0.2, 0) is 9.53 Å². The molecule has 178 valence electrons. The molecule has 0 aromatic heterocycles. The Morgan fingerprint density at radius 2 is 1.60 bits per heavy atom. The molecular weight excluding hydrogens is 489 g/mol. The zero-order valence-electron chi connectivity index (χ0n) is 19.2. The van der Waals surface area contributed by atoms with Gasteiger partial charge in [0.1, 0.15) is 0 Å². The van der Waals surface area contributed by atoms with Crippen molar-refractivity contribution in [3.8, 4) is 11.5 Å². The van der Waals surface area contributed by atoms with Crippen LogP contribution in [-0.4, -0.2) is 33.2 Å². The van der Waals surface area contributed by atoms with Crippen LogP contribution in [0.4, 0.5) is 5.69 Å². The number of esters is 1. The van der Waals surface area contributed by atoms with Crippen molar-refractivity contribution in [3.63, 3.8) is 0 Å². The van der Waals surface area contributed by atoms with Gasteiger partial charge in [0, 0.05) is 10.6 Å². The van der Waals surface area contributed by atoms with E-state index in [0.29, 0.717) is 38.5 Å². The zero-order chi connectivity index (χ0) is 25.1. The van der Waals surface area contributed by atoms with E-state index < -0.39 is 5.97 Å². The molecule has 1 heterocycles. The molecule has 0 N–H and O–H groups in total. The minimum Gasteiger partial charge on any atom is -0.493 e. The van der Waals surface area contributed by atoms with Crippen molar-refractivity contribution in [2.75, 3.05) is 26.2 Å². The van der Waals surface area contributed by atoms with Gasteiger partial charge in [-0.15, -0.1) is 0 Å². The Bertz CT molecular complexity index is 1360. The van der Waals surface area contributed by atoms with E-state index in [1.54, 1.807) is 62.8 Å². The topological polar surface area (TPSA) is 65.1 Å². The Kier molecular flexibility index (Phi) is 7.15. The van der Waals surface area contributed by atoms with E-state index in [4.69, 9.17) is 37.4 Å². The number of methoxy groups -OCH3 is 3. The number of benzene rings is 3. The summed E-state index contributed by atoms with van der Waals surface area (Å²) in [5.74, 6) is 0.277. The van der Waals surface area contributed by atoms with Crippen LogP contribution in [0.25, 0.3) is 11.8 Å². The summed E-state index contributed by atoms with van der Waals surface area (Å²) < 4.78 is 15.5. The summed E-state index contributed by atoms with van der Waals surface area (Å²) in [7, 11) is 4.40. The predicted molar refractivity (Wildman–Crippen MR) is 137 cm³/mol. The number of hydrogen-bond donors (Lipinski definition) is 0. The first-order valence-electron chi connectivity index (χ1n) is 10.5. The normalized spacial score (nSPS) is 14.2. The van der Waals surface area contributed by atoms with Crippen molar-refractivity contribution in [3.05, 3.63) is 99.0 Å². The van der Waals surface area contributed by atoms with Crippen LogP contribution in [0.3, 0.4) is 0 Å². The zero-order valence-corrected chi connectivity index (χ0v) is 20.7. The Morgan fingerprint density at radius 3 is 2.26 bits per heavy atom. The molecule has 0 saturated carbocycles. The largest absolute Gasteiger partial charge is 0.493 e. The molecule has 8 heteroatoms. The standard InChI is InChI=1S/C27H21Cl2NO5/c1-33-24-11-4-16(13-25(24)34-2)12-19-15-22(17-5-8-20(28)9-6-17)30(26(19)31)23-14-18(27(32)35-3)7-10-21(23)29/h4-15H,1-3H3/b19-12+. The summed E-state index contributed by atoms with van der Waals surface area (Å²) >= 11 is 12.6. The molecule has 1 amide bonds. The van der Waals surface area contributed by atoms with Crippen molar-refractivity contribution in [1.82, 2.24) is 0 Å². The molecule has 1 aliphatic rings. The van der Waals surface area contributed by atoms with Gasteiger partial charge in [-0.25, -0.2) is 4.79 Å². The maximum Gasteiger partial charge on any atom is 0.337 e. The SMILES string of the molecule is COC(=O)c1ccc(Cl)c(N2C(=O)/C(=C/c3ccc(OC)c(OC)c3)C=C2c2ccc(Cl)cc2)c1. The highest BCUT2D eigenvalue weighted by molar-refractivity contribution is 6.36. The summed E-state index contributed by atoms with van der Waals surface area (Å²) in [5, 5.41) is 0.871. The number of halogens is 2. The van der Waals surface area contributed by atoms with Crippen LogP contribution in [0.2, 0.25) is 10.0 Å². The van der Waals surface area contributed by atoms with E-state index in [1.807, 2.05) is 18.2 Å². The van der Waals surface area contributed by atoms with Crippen LogP contribution in [0.15, 0.2) is 72.3 Å². The van der Waals surface area contributed by atoms with E-state index in [1.165, 1.54) is 18.1 Å². The average Bonchev–Trinajstić information content (AvgIpc) is 3.19. The third kappa shape index (κ3) is 4.90. The first kappa shape index (κ1) is 24.4. The van der Waals surface area contributed by atoms with Gasteiger partial charge in [-0.3, -0.25) is 9.69 Å². The van der Waals surface area contributed by atoms with E-state index in [-0.39, 0.29) is 11.5 Å². The van der Waals surface area contributed by atoms with Crippen LogP contribution in [0.1, 0.15) is 21.5 Å². The Balaban J connectivity index is 1.85. The van der Waals surface area contributed by atoms with Crippen molar-refractivity contribution in [2.24, 2.45) is 0 Å². The van der Waals surface area contributed by atoms with Crippen LogP contribution >= 0.6 is 23.2 Å². The molecule has 0 radical (unpaired) electrons. The number of nitrogens with zero attached hydrogens (tertiary/aromatic N) is 1. The average molecular weight is 510 g/mol. The summed E-state index contributed by atoms with van der Waals surface area (Å²) in [6.07, 6.45) is 3.52. The minimum atomic E-state index is -0.535. The van der Waals surface area contributed by atoms with Gasteiger partial charge in [0.25, 0.3) is 5.91 Å². The lowest BCUT2D eigenvalue weighted by Crippen LogP contribution is -2.25. The van der Waals surface area contributed by atoms with Gasteiger partial charge in [-0.2, -0.15) is 0 Å². The second kappa shape index (κ2) is 10.3. The first-order chi connectivity index (χ1) is 16.9. The van der Waals surface area contributed by atoms with Crippen LogP contribution in [0, 0.1) is 0 Å². The molecule has 0 saturated heterocycles. The maximum absolute atomic E-state index is 13.7. The quantitative estimate of drug-likeness (QED) is 0.289. The molecule has 0 unspecified atom stereocenters. The fourth-order valence-corrected chi connectivity index (χ4v) is 4.07. The fourth-order valence-electron chi connectivity index (χ4n) is 3.74. The second-order valence-electron chi connectivity index (χ2n) is 7.55. The van der Waals surface area contributed by atoms with Crippen molar-refractivity contribution in [1.29, 1.82) is 0 Å². The summed E-state index contributed by atoms with van der Waals surface area (Å²) in [5.41, 5.74) is 3.12. The highest BCUT2D eigenvalue weighted by atomic mass is 35.5. The fraction of sp³-hybridized carbons (Fsp3) is 0.111. The van der Waals surface area contributed by atoms with Crippen LogP contribution < -0.4 is 14.4 Å². The number of carbonyl (C=O) groups excluding carboxylic acids is 2. The van der Waals surface area contributed by atoms with Gasteiger partial charge < -0.3 is 14.2 Å². The summed E-state index contributed by atoms with van der Waals surface area (Å²) in [4.78, 5) is 27.3. The lowest BCUT2D eigenvalue weighted by molar-refractivity contribution is -0.113. The van der Waals surface area contributed by atoms with Gasteiger partial charge in [0.2, 0.25) is 0 Å². The van der Waals surface area contributed by atoms with E-state index in [0.717, 1.165) is 11.1 Å². The summed E-state index contributed by atoms with van der Waals surface area (Å²) in [6.45, 7) is 0. The highest BCUT2D eigenvalue weighted by Gasteiger charge is 2.32. The van der Waals surface area contributed by atoms with Gasteiger partial charge in [-0.05, 0) is 65.7 Å². The van der Waals surface area contributed by atoms with Gasteiger partial charge in [0.15, 0.2) is 11.5 Å². The molecule has 0 spiro atoms. The molecule has 0 aliphatic carbocycles. The monoisotopic (exact) mass is 509 g/mol. The molecular formula is C27H21Cl2NO5. The Morgan fingerprint density at radius 1 is 0.886 bits per heavy atom. The highest BCUT2D eigenvalue weighted by Crippen LogP contribution is 2.40. The number of ether oxygens (including phenoxy) is 3. The number of amides is 1. The third-order valence-corrected chi connectivity index (χ3v) is 6.03. The van der Waals surface area contributed by atoms with Crippen molar-refractivity contribution in [2.45, 2.75) is 0 Å². The second-order valence-corrected chi connectivity index (χ2v) is 8.39. The molecule has 3 aromatic rings. The lowest BCUT2D eigenvalue weighted by atomic mass is 10.1. The molecule has 0 bridgehead atoms. The minimum absolute atomic E-state index is 0.271. The number of anilines is 1. The Hall–Kier alpha value is -3.74. The molecule has 4 rings (SSSR count). The number of hydrogen-bond acceptors (Lipinski definition) is 5. The van der Waals surface area contributed by atoms with Gasteiger partial charge >= 0.3 is 5.97 Å². The van der Waals surface area contributed by atoms with Crippen molar-refractivity contribution < 1.29 is 23.8 Å². The molecule has 3 aromatic carbocycles. The third-order valence-electron chi connectivity index (χ3n) is 5.46. The lowest BCUT2D eigenvalue weighted by Gasteiger charge is -2.22. The van der Waals surface area contributed by atoms with Crippen LogP contribution in [0.5, 0.6) is 11.5 Å². The summed E-state index contributed by atoms with van der Waals surface area (Å²) in [6, 6.07) is 17.1. The molecule has 1 aliphatic heterocycles. The number of rotatable bonds is 6. The van der Waals surface area contributed by atoms with Gasteiger partial charge in [-0.1, -0.05) is 41.4 Å². The van der Waals surface area contributed by atoms with E-state index in [2.05, 4.69) is 0 Å². The van der Waals surface area contributed by atoms with E-state index >= 15 is 0 Å².